The number of halogens is 1. The zero-order valence-electron chi connectivity index (χ0n) is 20.2. The summed E-state index contributed by atoms with van der Waals surface area (Å²) in [7, 11) is 0. The summed E-state index contributed by atoms with van der Waals surface area (Å²) in [4.78, 5) is 25.5. The lowest BCUT2D eigenvalue weighted by Crippen LogP contribution is -2.34. The van der Waals surface area contributed by atoms with Crippen LogP contribution in [0.15, 0.2) is 77.3 Å². The highest BCUT2D eigenvalue weighted by Gasteiger charge is 2.15. The van der Waals surface area contributed by atoms with Gasteiger partial charge in [-0.3, -0.25) is 14.9 Å². The molecule has 0 bridgehead atoms. The Morgan fingerprint density at radius 3 is 2.50 bits per heavy atom. The first-order valence-electron chi connectivity index (χ1n) is 11.9. The van der Waals surface area contributed by atoms with Crippen molar-refractivity contribution >= 4 is 50.8 Å². The van der Waals surface area contributed by atoms with Crippen LogP contribution in [0.3, 0.4) is 0 Å². The van der Waals surface area contributed by atoms with Crippen LogP contribution >= 0.6 is 28.1 Å². The van der Waals surface area contributed by atoms with Gasteiger partial charge in [0.15, 0.2) is 5.11 Å². The third kappa shape index (κ3) is 8.77. The van der Waals surface area contributed by atoms with Crippen molar-refractivity contribution in [3.63, 3.8) is 0 Å². The van der Waals surface area contributed by atoms with Crippen molar-refractivity contribution < 1.29 is 14.3 Å². The zero-order chi connectivity index (χ0) is 25.8. The van der Waals surface area contributed by atoms with E-state index < -0.39 is 0 Å². The highest BCUT2D eigenvalue weighted by Crippen LogP contribution is 2.24. The predicted molar refractivity (Wildman–Crippen MR) is 152 cm³/mol. The fourth-order valence-electron chi connectivity index (χ4n) is 3.47. The SMILES string of the molecule is CCCCCCOc1ccc(Br)cc1C(=O)NC(=S)Nc1cccc(C(=O)NCc2ccccc2)c1. The Balaban J connectivity index is 1.57. The molecule has 2 amide bonds. The van der Waals surface area contributed by atoms with Gasteiger partial charge in [0, 0.05) is 22.3 Å². The molecule has 3 N–H and O–H groups in total. The van der Waals surface area contributed by atoms with E-state index in [2.05, 4.69) is 38.8 Å². The van der Waals surface area contributed by atoms with Crippen LogP contribution in [0.25, 0.3) is 0 Å². The summed E-state index contributed by atoms with van der Waals surface area (Å²) in [6.45, 7) is 3.14. The van der Waals surface area contributed by atoms with Crippen molar-refractivity contribution in [1.82, 2.24) is 10.6 Å². The summed E-state index contributed by atoms with van der Waals surface area (Å²) in [5.41, 5.74) is 2.48. The summed E-state index contributed by atoms with van der Waals surface area (Å²) in [5.74, 6) is -0.0754. The van der Waals surface area contributed by atoms with Crippen molar-refractivity contribution in [2.75, 3.05) is 11.9 Å². The smallest absolute Gasteiger partial charge is 0.261 e. The maximum absolute atomic E-state index is 12.9. The van der Waals surface area contributed by atoms with E-state index in [4.69, 9.17) is 17.0 Å². The van der Waals surface area contributed by atoms with Gasteiger partial charge in [0.05, 0.1) is 12.2 Å². The Bertz CT molecular complexity index is 1190. The summed E-state index contributed by atoms with van der Waals surface area (Å²) >= 11 is 8.77. The van der Waals surface area contributed by atoms with Crippen molar-refractivity contribution in [3.8, 4) is 5.75 Å². The molecule has 3 aromatic carbocycles. The molecule has 0 spiro atoms. The first kappa shape index (κ1) is 27.4. The van der Waals surface area contributed by atoms with Gasteiger partial charge in [-0.05, 0) is 60.6 Å². The molecule has 0 aliphatic heterocycles. The maximum atomic E-state index is 12.9. The third-order valence-corrected chi connectivity index (χ3v) is 6.04. The molecule has 0 heterocycles. The number of hydrogen-bond donors (Lipinski definition) is 3. The van der Waals surface area contributed by atoms with E-state index in [1.165, 1.54) is 0 Å². The minimum absolute atomic E-state index is 0.121. The second-order valence-electron chi connectivity index (χ2n) is 8.21. The molecule has 8 heteroatoms. The second-order valence-corrected chi connectivity index (χ2v) is 9.53. The van der Waals surface area contributed by atoms with Gasteiger partial charge in [0.2, 0.25) is 0 Å². The molecular formula is C28H30BrN3O3S. The molecule has 36 heavy (non-hydrogen) atoms. The third-order valence-electron chi connectivity index (χ3n) is 5.35. The number of benzene rings is 3. The topological polar surface area (TPSA) is 79.5 Å². The minimum Gasteiger partial charge on any atom is -0.493 e. The predicted octanol–water partition coefficient (Wildman–Crippen LogP) is 6.47. The van der Waals surface area contributed by atoms with Crippen molar-refractivity contribution in [3.05, 3.63) is 94.0 Å². The molecule has 188 valence electrons. The van der Waals surface area contributed by atoms with Gasteiger partial charge in [-0.2, -0.15) is 0 Å². The molecule has 0 saturated heterocycles. The fourth-order valence-corrected chi connectivity index (χ4v) is 4.04. The molecule has 0 atom stereocenters. The Kier molecular flexibility index (Phi) is 10.9. The normalized spacial score (nSPS) is 10.4. The zero-order valence-corrected chi connectivity index (χ0v) is 22.6. The maximum Gasteiger partial charge on any atom is 0.261 e. The molecule has 3 rings (SSSR count). The number of anilines is 1. The van der Waals surface area contributed by atoms with Crippen LogP contribution in [0.4, 0.5) is 5.69 Å². The lowest BCUT2D eigenvalue weighted by molar-refractivity contribution is 0.0948. The van der Waals surface area contributed by atoms with Crippen LogP contribution in [0.5, 0.6) is 5.75 Å². The minimum atomic E-state index is -0.380. The number of hydrogen-bond acceptors (Lipinski definition) is 4. The molecule has 0 radical (unpaired) electrons. The molecular weight excluding hydrogens is 538 g/mol. The number of nitrogens with one attached hydrogen (secondary N) is 3. The van der Waals surface area contributed by atoms with Crippen LogP contribution in [-0.4, -0.2) is 23.5 Å². The van der Waals surface area contributed by atoms with E-state index in [-0.39, 0.29) is 16.9 Å². The summed E-state index contributed by atoms with van der Waals surface area (Å²) in [5, 5.41) is 8.70. The average Bonchev–Trinajstić information content (AvgIpc) is 2.88. The molecule has 0 aliphatic carbocycles. The summed E-state index contributed by atoms with van der Waals surface area (Å²) in [6, 6.07) is 21.9. The van der Waals surface area contributed by atoms with Gasteiger partial charge >= 0.3 is 0 Å². The highest BCUT2D eigenvalue weighted by atomic mass is 79.9. The van der Waals surface area contributed by atoms with Gasteiger partial charge in [-0.25, -0.2) is 0 Å². The number of carbonyl (C=O) groups excluding carboxylic acids is 2. The van der Waals surface area contributed by atoms with Gasteiger partial charge in [0.1, 0.15) is 5.75 Å². The highest BCUT2D eigenvalue weighted by molar-refractivity contribution is 9.10. The first-order valence-corrected chi connectivity index (χ1v) is 13.1. The second kappa shape index (κ2) is 14.4. The number of ether oxygens (including phenoxy) is 1. The lowest BCUT2D eigenvalue weighted by atomic mass is 10.1. The van der Waals surface area contributed by atoms with Crippen LogP contribution in [0.1, 0.15) is 58.9 Å². The van der Waals surface area contributed by atoms with Crippen molar-refractivity contribution in [1.29, 1.82) is 0 Å². The van der Waals surface area contributed by atoms with Gasteiger partial charge < -0.3 is 15.4 Å². The van der Waals surface area contributed by atoms with Crippen LogP contribution in [-0.2, 0) is 6.54 Å². The first-order chi connectivity index (χ1) is 17.5. The van der Waals surface area contributed by atoms with Crippen molar-refractivity contribution in [2.24, 2.45) is 0 Å². The Morgan fingerprint density at radius 2 is 1.72 bits per heavy atom. The van der Waals surface area contributed by atoms with E-state index in [1.54, 1.807) is 36.4 Å². The number of thiocarbonyl (C=S) groups is 1. The van der Waals surface area contributed by atoms with E-state index >= 15 is 0 Å². The quantitative estimate of drug-likeness (QED) is 0.183. The standard InChI is InChI=1S/C28H30BrN3O3S/c1-2-3-4-8-16-35-25-15-14-22(29)18-24(25)27(34)32-28(36)31-23-13-9-12-21(17-23)26(33)30-19-20-10-6-5-7-11-20/h5-7,9-15,17-18H,2-4,8,16,19H2,1H3,(H,30,33)(H2,31,32,34,36). The monoisotopic (exact) mass is 567 g/mol. The number of carbonyl (C=O) groups is 2. The molecule has 0 fully saturated rings. The molecule has 0 saturated carbocycles. The Labute approximate surface area is 226 Å². The lowest BCUT2D eigenvalue weighted by Gasteiger charge is -2.14. The summed E-state index contributed by atoms with van der Waals surface area (Å²) in [6.07, 6.45) is 4.33. The Hall–Kier alpha value is -3.23. The number of unbranched alkanes of at least 4 members (excludes halogenated alkanes) is 3. The van der Waals surface area contributed by atoms with E-state index in [0.717, 1.165) is 35.7 Å². The van der Waals surface area contributed by atoms with Gasteiger partial charge in [0.25, 0.3) is 11.8 Å². The number of amides is 2. The van der Waals surface area contributed by atoms with Crippen LogP contribution in [0, 0.1) is 0 Å². The number of rotatable bonds is 11. The molecule has 0 aromatic heterocycles. The molecule has 0 aliphatic rings. The fraction of sp³-hybridized carbons (Fsp3) is 0.250. The average molecular weight is 569 g/mol. The van der Waals surface area contributed by atoms with Crippen molar-refractivity contribution in [2.45, 2.75) is 39.2 Å². The largest absolute Gasteiger partial charge is 0.493 e. The van der Waals surface area contributed by atoms with Gasteiger partial charge in [-0.15, -0.1) is 0 Å². The Morgan fingerprint density at radius 1 is 0.917 bits per heavy atom. The van der Waals surface area contributed by atoms with E-state index in [0.29, 0.717) is 35.7 Å². The molecule has 0 unspecified atom stereocenters. The van der Waals surface area contributed by atoms with E-state index in [9.17, 15) is 9.59 Å². The van der Waals surface area contributed by atoms with Crippen LogP contribution in [0.2, 0.25) is 0 Å². The molecule has 6 nitrogen and oxygen atoms in total. The van der Waals surface area contributed by atoms with E-state index in [1.807, 2.05) is 36.4 Å². The summed E-state index contributed by atoms with van der Waals surface area (Å²) < 4.78 is 6.63. The van der Waals surface area contributed by atoms with Crippen LogP contribution < -0.4 is 20.7 Å². The molecule has 3 aromatic rings. The van der Waals surface area contributed by atoms with Gasteiger partial charge in [-0.1, -0.05) is 78.5 Å².